The van der Waals surface area contributed by atoms with Gasteiger partial charge in [-0.25, -0.2) is 0 Å². The monoisotopic (exact) mass is 694 g/mol. The molecule has 19 heteroatoms. The van der Waals surface area contributed by atoms with Gasteiger partial charge in [0, 0.05) is 65.1 Å². The highest BCUT2D eigenvalue weighted by molar-refractivity contribution is 5.30. The second-order valence-electron chi connectivity index (χ2n) is 11.4. The van der Waals surface area contributed by atoms with Gasteiger partial charge in [-0.2, -0.15) is 0 Å². The van der Waals surface area contributed by atoms with E-state index in [9.17, 15) is 66.4 Å². The SMILES string of the molecule is OCCOC(CCO)(CCO)[C@@]1(O[C@H]2O[C@H](CO)[C@@H](O)[C@H](O)[C@H]2O)O[C@@](CO)(CCO)[C@@](CCO)(OCCO)[C@]1(CCO)OCCO. The molecule has 0 unspecified atom stereocenters. The van der Waals surface area contributed by atoms with Gasteiger partial charge in [0.2, 0.25) is 5.79 Å². The summed E-state index contributed by atoms with van der Waals surface area (Å²) >= 11 is 0. The maximum Gasteiger partial charge on any atom is 0.234 e. The number of rotatable bonds is 24. The van der Waals surface area contributed by atoms with Crippen LogP contribution in [0.1, 0.15) is 32.1 Å². The molecule has 0 aromatic heterocycles. The summed E-state index contributed by atoms with van der Waals surface area (Å²) in [5.41, 5.74) is -9.30. The molecule has 2 fully saturated rings. The lowest BCUT2D eigenvalue weighted by atomic mass is 9.62. The molecule has 0 saturated carbocycles. The Balaban J connectivity index is 3.26. The van der Waals surface area contributed by atoms with E-state index in [0.717, 1.165) is 0 Å². The van der Waals surface area contributed by atoms with Gasteiger partial charge in [-0.3, -0.25) is 0 Å². The van der Waals surface area contributed by atoms with Crippen molar-refractivity contribution in [3.63, 3.8) is 0 Å². The smallest absolute Gasteiger partial charge is 0.234 e. The van der Waals surface area contributed by atoms with Crippen molar-refractivity contribution in [2.24, 2.45) is 0 Å². The van der Waals surface area contributed by atoms with Crippen LogP contribution in [-0.4, -0.2) is 211 Å². The van der Waals surface area contributed by atoms with E-state index in [4.69, 9.17) is 28.4 Å². The minimum atomic E-state index is -2.85. The minimum Gasteiger partial charge on any atom is -0.396 e. The van der Waals surface area contributed by atoms with Crippen molar-refractivity contribution in [3.05, 3.63) is 0 Å². The summed E-state index contributed by atoms with van der Waals surface area (Å²) in [5, 5.41) is 135. The molecule has 0 aliphatic carbocycles. The molecule has 0 amide bonds. The summed E-state index contributed by atoms with van der Waals surface area (Å²) in [4.78, 5) is 0. The van der Waals surface area contributed by atoms with Crippen LogP contribution in [0.3, 0.4) is 0 Å². The molecule has 0 radical (unpaired) electrons. The van der Waals surface area contributed by atoms with Crippen LogP contribution in [0.4, 0.5) is 0 Å². The average molecular weight is 695 g/mol. The molecular weight excluding hydrogens is 640 g/mol. The van der Waals surface area contributed by atoms with Crippen molar-refractivity contribution in [3.8, 4) is 0 Å². The fraction of sp³-hybridized carbons (Fsp3) is 1.00. The second kappa shape index (κ2) is 19.0. The molecule has 9 atom stereocenters. The van der Waals surface area contributed by atoms with Gasteiger partial charge in [-0.1, -0.05) is 0 Å². The van der Waals surface area contributed by atoms with Crippen molar-refractivity contribution in [1.82, 2.24) is 0 Å². The fourth-order valence-corrected chi connectivity index (χ4v) is 7.21. The number of aliphatic hydroxyl groups is 13. The maximum atomic E-state index is 11.1. The first-order valence-electron chi connectivity index (χ1n) is 15.6. The molecule has 0 aromatic carbocycles. The summed E-state index contributed by atoms with van der Waals surface area (Å²) in [6.07, 6.45) is -12.4. The summed E-state index contributed by atoms with van der Waals surface area (Å²) in [6.45, 7) is -9.41. The average Bonchev–Trinajstić information content (AvgIpc) is 3.25. The van der Waals surface area contributed by atoms with Crippen molar-refractivity contribution >= 4 is 0 Å². The lowest BCUT2D eigenvalue weighted by Crippen LogP contribution is -2.78. The Kier molecular flexibility index (Phi) is 17.2. The molecule has 0 aromatic rings. The molecule has 19 nitrogen and oxygen atoms in total. The third-order valence-corrected chi connectivity index (χ3v) is 9.07. The lowest BCUT2D eigenvalue weighted by molar-refractivity contribution is -0.447. The molecule has 0 spiro atoms. The summed E-state index contributed by atoms with van der Waals surface area (Å²) < 4.78 is 37.6. The minimum absolute atomic E-state index is 0.529. The van der Waals surface area contributed by atoms with Crippen LogP contribution in [0.5, 0.6) is 0 Å². The Bertz CT molecular complexity index is 879. The molecule has 2 saturated heterocycles. The Labute approximate surface area is 272 Å². The highest BCUT2D eigenvalue weighted by Crippen LogP contribution is 2.66. The van der Waals surface area contributed by atoms with E-state index in [0.29, 0.717) is 0 Å². The Hall–Kier alpha value is -0.760. The van der Waals surface area contributed by atoms with Crippen molar-refractivity contribution in [1.29, 1.82) is 0 Å². The van der Waals surface area contributed by atoms with Crippen LogP contribution in [0.15, 0.2) is 0 Å². The first-order valence-corrected chi connectivity index (χ1v) is 15.6. The van der Waals surface area contributed by atoms with Crippen LogP contribution in [0, 0.1) is 0 Å². The van der Waals surface area contributed by atoms with Crippen LogP contribution in [-0.2, 0) is 28.4 Å². The second-order valence-corrected chi connectivity index (χ2v) is 11.4. The highest BCUT2D eigenvalue weighted by Gasteiger charge is 2.86. The Morgan fingerprint density at radius 2 is 1.11 bits per heavy atom. The van der Waals surface area contributed by atoms with E-state index in [2.05, 4.69) is 0 Å². The third kappa shape index (κ3) is 7.49. The predicted molar refractivity (Wildman–Crippen MR) is 154 cm³/mol. The van der Waals surface area contributed by atoms with Crippen LogP contribution < -0.4 is 0 Å². The molecule has 2 rings (SSSR count). The van der Waals surface area contributed by atoms with Gasteiger partial charge in [0.15, 0.2) is 11.9 Å². The molecule has 2 aliphatic heterocycles. The zero-order valence-corrected chi connectivity index (χ0v) is 26.4. The lowest BCUT2D eigenvalue weighted by Gasteiger charge is -2.58. The van der Waals surface area contributed by atoms with Gasteiger partial charge in [-0.05, 0) is 0 Å². The highest BCUT2D eigenvalue weighted by atomic mass is 16.8. The van der Waals surface area contributed by atoms with Crippen molar-refractivity contribution in [2.45, 2.75) is 91.0 Å². The van der Waals surface area contributed by atoms with E-state index in [-0.39, 0.29) is 0 Å². The summed E-state index contributed by atoms with van der Waals surface area (Å²) in [7, 11) is 0. The number of aliphatic hydroxyl groups excluding tert-OH is 13. The van der Waals surface area contributed by atoms with Gasteiger partial charge in [0.1, 0.15) is 41.2 Å². The van der Waals surface area contributed by atoms with Gasteiger partial charge in [-0.15, -0.1) is 0 Å². The van der Waals surface area contributed by atoms with Crippen LogP contribution in [0.2, 0.25) is 0 Å². The fourth-order valence-electron chi connectivity index (χ4n) is 7.21. The zero-order chi connectivity index (χ0) is 35.4. The molecule has 0 bridgehead atoms. The maximum absolute atomic E-state index is 11.1. The molecule has 280 valence electrons. The van der Waals surface area contributed by atoms with Gasteiger partial charge >= 0.3 is 0 Å². The van der Waals surface area contributed by atoms with Crippen molar-refractivity contribution < 1.29 is 94.8 Å². The van der Waals surface area contributed by atoms with E-state index < -0.39 is 177 Å². The largest absolute Gasteiger partial charge is 0.396 e. The van der Waals surface area contributed by atoms with Gasteiger partial charge in [0.25, 0.3) is 0 Å². The third-order valence-electron chi connectivity index (χ3n) is 9.07. The van der Waals surface area contributed by atoms with E-state index in [1.807, 2.05) is 0 Å². The van der Waals surface area contributed by atoms with Crippen LogP contribution >= 0.6 is 0 Å². The first-order chi connectivity index (χ1) is 22.5. The van der Waals surface area contributed by atoms with E-state index in [1.54, 1.807) is 0 Å². The number of ether oxygens (including phenoxy) is 6. The Morgan fingerprint density at radius 1 is 0.574 bits per heavy atom. The van der Waals surface area contributed by atoms with Gasteiger partial charge in [0.05, 0.1) is 52.9 Å². The zero-order valence-electron chi connectivity index (χ0n) is 26.4. The molecule has 2 aliphatic rings. The molecule has 47 heavy (non-hydrogen) atoms. The summed E-state index contributed by atoms with van der Waals surface area (Å²) in [5.74, 6) is -2.85. The standard InChI is InChI=1S/C28H54O19/c29-6-1-24(2-7-30,42-14-11-34)28(46-23-22(41)21(40)20(39)19(17-37)45-23)27(5-10-33,44-16-13-36)26(4-9-32,43-15-12-35)25(18-38,47-28)3-8-31/h19-23,29-41H,1-18H2/t19-,20-,21+,22-,23-,25-,26-,27+,28-/m1/s1. The van der Waals surface area contributed by atoms with Crippen molar-refractivity contribution in [2.75, 3.05) is 85.9 Å². The Morgan fingerprint density at radius 3 is 1.57 bits per heavy atom. The summed E-state index contributed by atoms with van der Waals surface area (Å²) in [6, 6.07) is 0. The quantitative estimate of drug-likeness (QED) is 0.0446. The van der Waals surface area contributed by atoms with Gasteiger partial charge < -0.3 is 94.8 Å². The molecule has 2 heterocycles. The van der Waals surface area contributed by atoms with E-state index in [1.165, 1.54) is 0 Å². The van der Waals surface area contributed by atoms with Crippen LogP contribution in [0.25, 0.3) is 0 Å². The molecular formula is C28H54O19. The first kappa shape index (κ1) is 42.4. The van der Waals surface area contributed by atoms with E-state index >= 15 is 0 Å². The number of hydrogen-bond acceptors (Lipinski definition) is 19. The molecule has 13 N–H and O–H groups in total. The predicted octanol–water partition coefficient (Wildman–Crippen LogP) is -6.58. The topological polar surface area (TPSA) is 318 Å². The normalized spacial score (nSPS) is 36.3. The number of hydrogen-bond donors (Lipinski definition) is 13.